The average molecular weight is 457 g/mol. The van der Waals surface area contributed by atoms with Crippen LogP contribution in [-0.2, 0) is 9.59 Å². The van der Waals surface area contributed by atoms with Gasteiger partial charge in [0.15, 0.2) is 11.5 Å². The van der Waals surface area contributed by atoms with E-state index < -0.39 is 4.92 Å². The molecule has 0 unspecified atom stereocenters. The molecule has 0 aromatic heterocycles. The second-order valence-corrected chi connectivity index (χ2v) is 8.22. The Balaban J connectivity index is 1.35. The Labute approximate surface area is 186 Å². The SMILES string of the molecule is O=C(CCN1C(=O)C(=Cc2ccc3c(c2)OCO3)SC1=S)Nc1ccc([N+](=O)[O-])cc1. The van der Waals surface area contributed by atoms with E-state index in [0.29, 0.717) is 26.4 Å². The molecule has 2 aromatic carbocycles. The van der Waals surface area contributed by atoms with Crippen LogP contribution in [0.25, 0.3) is 6.08 Å². The molecule has 2 amide bonds. The highest BCUT2D eigenvalue weighted by Gasteiger charge is 2.32. The van der Waals surface area contributed by atoms with Crippen molar-refractivity contribution in [3.63, 3.8) is 0 Å². The molecule has 0 atom stereocenters. The standard InChI is InChI=1S/C20H15N3O6S2/c24-18(21-13-2-4-14(5-3-13)23(26)27)7-8-22-19(25)17(31-20(22)30)10-12-1-6-15-16(9-12)29-11-28-15/h1-6,9-10H,7-8,11H2,(H,21,24). The number of hydrogen-bond donors (Lipinski definition) is 1. The third-order valence-corrected chi connectivity index (χ3v) is 5.87. The molecule has 2 heterocycles. The van der Waals surface area contributed by atoms with E-state index in [-0.39, 0.29) is 37.3 Å². The fourth-order valence-corrected chi connectivity index (χ4v) is 4.26. The predicted molar refractivity (Wildman–Crippen MR) is 119 cm³/mol. The third kappa shape index (κ3) is 4.67. The number of nitro benzene ring substituents is 1. The van der Waals surface area contributed by atoms with E-state index in [1.165, 1.54) is 40.9 Å². The Hall–Kier alpha value is -3.44. The highest BCUT2D eigenvalue weighted by molar-refractivity contribution is 8.26. The number of amides is 2. The van der Waals surface area contributed by atoms with E-state index in [1.54, 1.807) is 18.2 Å². The molecule has 2 aromatic rings. The van der Waals surface area contributed by atoms with Crippen LogP contribution < -0.4 is 14.8 Å². The summed E-state index contributed by atoms with van der Waals surface area (Å²) >= 11 is 6.47. The number of thioether (sulfide) groups is 1. The van der Waals surface area contributed by atoms with Gasteiger partial charge in [0.1, 0.15) is 4.32 Å². The zero-order valence-electron chi connectivity index (χ0n) is 15.9. The summed E-state index contributed by atoms with van der Waals surface area (Å²) in [7, 11) is 0. The molecule has 0 radical (unpaired) electrons. The average Bonchev–Trinajstić information content (AvgIpc) is 3.31. The van der Waals surface area contributed by atoms with Gasteiger partial charge in [-0.25, -0.2) is 0 Å². The Bertz CT molecular complexity index is 1120. The number of nitrogens with one attached hydrogen (secondary N) is 1. The quantitative estimate of drug-likeness (QED) is 0.303. The topological polar surface area (TPSA) is 111 Å². The number of non-ortho nitro benzene ring substituents is 1. The van der Waals surface area contributed by atoms with Gasteiger partial charge in [-0.15, -0.1) is 0 Å². The highest BCUT2D eigenvalue weighted by Crippen LogP contribution is 2.36. The number of anilines is 1. The van der Waals surface area contributed by atoms with Crippen LogP contribution in [0, 0.1) is 10.1 Å². The lowest BCUT2D eigenvalue weighted by Gasteiger charge is -2.14. The maximum Gasteiger partial charge on any atom is 0.269 e. The number of nitro groups is 1. The second-order valence-electron chi connectivity index (χ2n) is 6.55. The largest absolute Gasteiger partial charge is 0.454 e. The number of benzene rings is 2. The first-order valence-corrected chi connectivity index (χ1v) is 10.3. The molecule has 0 spiro atoms. The van der Waals surface area contributed by atoms with Crippen LogP contribution in [0.4, 0.5) is 11.4 Å². The monoisotopic (exact) mass is 457 g/mol. The van der Waals surface area contributed by atoms with Gasteiger partial charge in [-0.05, 0) is 35.9 Å². The van der Waals surface area contributed by atoms with Crippen molar-refractivity contribution in [2.24, 2.45) is 0 Å². The zero-order chi connectivity index (χ0) is 22.0. The minimum atomic E-state index is -0.516. The molecule has 2 aliphatic heterocycles. The van der Waals surface area contributed by atoms with Gasteiger partial charge < -0.3 is 14.8 Å². The first kappa shape index (κ1) is 20.8. The van der Waals surface area contributed by atoms with Crippen LogP contribution in [0.3, 0.4) is 0 Å². The molecule has 4 rings (SSSR count). The van der Waals surface area contributed by atoms with Gasteiger partial charge in [0.05, 0.1) is 9.83 Å². The van der Waals surface area contributed by atoms with Crippen molar-refractivity contribution >= 4 is 57.6 Å². The van der Waals surface area contributed by atoms with Crippen molar-refractivity contribution in [3.05, 3.63) is 63.0 Å². The van der Waals surface area contributed by atoms with E-state index in [9.17, 15) is 19.7 Å². The van der Waals surface area contributed by atoms with Crippen LogP contribution in [0.1, 0.15) is 12.0 Å². The van der Waals surface area contributed by atoms with Crippen molar-refractivity contribution < 1.29 is 24.0 Å². The second kappa shape index (κ2) is 8.74. The van der Waals surface area contributed by atoms with Crippen LogP contribution in [0.2, 0.25) is 0 Å². The number of ether oxygens (including phenoxy) is 2. The third-order valence-electron chi connectivity index (χ3n) is 4.49. The van der Waals surface area contributed by atoms with Gasteiger partial charge in [0.2, 0.25) is 12.7 Å². The van der Waals surface area contributed by atoms with Gasteiger partial charge >= 0.3 is 0 Å². The number of thiocarbonyl (C=S) groups is 1. The summed E-state index contributed by atoms with van der Waals surface area (Å²) < 4.78 is 11.0. The van der Waals surface area contributed by atoms with E-state index >= 15 is 0 Å². The van der Waals surface area contributed by atoms with E-state index in [0.717, 1.165) is 5.56 Å². The van der Waals surface area contributed by atoms with Crippen molar-refractivity contribution in [1.29, 1.82) is 0 Å². The molecular formula is C20H15N3O6S2. The lowest BCUT2D eigenvalue weighted by molar-refractivity contribution is -0.384. The van der Waals surface area contributed by atoms with Crippen molar-refractivity contribution in [2.45, 2.75) is 6.42 Å². The lowest BCUT2D eigenvalue weighted by atomic mass is 10.2. The molecule has 1 saturated heterocycles. The minimum Gasteiger partial charge on any atom is -0.454 e. The molecule has 0 aliphatic carbocycles. The number of carbonyl (C=O) groups excluding carboxylic acids is 2. The molecule has 1 fully saturated rings. The van der Waals surface area contributed by atoms with Gasteiger partial charge in [-0.1, -0.05) is 30.0 Å². The van der Waals surface area contributed by atoms with Gasteiger partial charge in [-0.2, -0.15) is 0 Å². The molecule has 2 aliphatic rings. The normalized spacial score (nSPS) is 16.1. The number of carbonyl (C=O) groups is 2. The van der Waals surface area contributed by atoms with E-state index in [4.69, 9.17) is 21.7 Å². The van der Waals surface area contributed by atoms with Crippen LogP contribution >= 0.6 is 24.0 Å². The summed E-state index contributed by atoms with van der Waals surface area (Å²) in [6.45, 7) is 0.296. The summed E-state index contributed by atoms with van der Waals surface area (Å²) in [5.41, 5.74) is 1.15. The molecule has 31 heavy (non-hydrogen) atoms. The predicted octanol–water partition coefficient (Wildman–Crippen LogP) is 3.55. The number of rotatable bonds is 6. The highest BCUT2D eigenvalue weighted by atomic mass is 32.2. The van der Waals surface area contributed by atoms with Crippen molar-refractivity contribution in [3.8, 4) is 11.5 Å². The summed E-state index contributed by atoms with van der Waals surface area (Å²) in [4.78, 5) is 36.9. The molecule has 0 saturated carbocycles. The summed E-state index contributed by atoms with van der Waals surface area (Å²) in [6, 6.07) is 10.9. The van der Waals surface area contributed by atoms with Crippen molar-refractivity contribution in [2.75, 3.05) is 18.7 Å². The first-order chi connectivity index (χ1) is 14.9. The molecule has 9 nitrogen and oxygen atoms in total. The minimum absolute atomic E-state index is 0.0285. The fraction of sp³-hybridized carbons (Fsp3) is 0.150. The van der Waals surface area contributed by atoms with E-state index in [1.807, 2.05) is 6.07 Å². The van der Waals surface area contributed by atoms with Gasteiger partial charge in [0, 0.05) is 30.8 Å². The number of hydrogen-bond acceptors (Lipinski definition) is 8. The zero-order valence-corrected chi connectivity index (χ0v) is 17.5. The molecule has 0 bridgehead atoms. The van der Waals surface area contributed by atoms with Gasteiger partial charge in [0.25, 0.3) is 11.6 Å². The first-order valence-electron chi connectivity index (χ1n) is 9.10. The molecule has 158 valence electrons. The summed E-state index contributed by atoms with van der Waals surface area (Å²) in [5, 5.41) is 13.3. The Kier molecular flexibility index (Phi) is 5.87. The number of nitrogens with zero attached hydrogens (tertiary/aromatic N) is 2. The lowest BCUT2D eigenvalue weighted by Crippen LogP contribution is -2.31. The fourth-order valence-electron chi connectivity index (χ4n) is 2.95. The van der Waals surface area contributed by atoms with Crippen molar-refractivity contribution in [1.82, 2.24) is 4.90 Å². The molecular weight excluding hydrogens is 442 g/mol. The maximum absolute atomic E-state index is 12.7. The maximum atomic E-state index is 12.7. The van der Waals surface area contributed by atoms with Gasteiger partial charge in [-0.3, -0.25) is 24.6 Å². The van der Waals surface area contributed by atoms with Crippen LogP contribution in [0.5, 0.6) is 11.5 Å². The smallest absolute Gasteiger partial charge is 0.269 e. The van der Waals surface area contributed by atoms with Crippen LogP contribution in [-0.4, -0.2) is 39.3 Å². The molecule has 11 heteroatoms. The summed E-state index contributed by atoms with van der Waals surface area (Å²) in [6.07, 6.45) is 1.75. The number of fused-ring (bicyclic) bond motifs is 1. The Morgan fingerprint density at radius 3 is 2.71 bits per heavy atom. The van der Waals surface area contributed by atoms with E-state index in [2.05, 4.69) is 5.32 Å². The Morgan fingerprint density at radius 2 is 1.97 bits per heavy atom. The molecule has 1 N–H and O–H groups in total. The van der Waals surface area contributed by atoms with Crippen LogP contribution in [0.15, 0.2) is 47.4 Å². The summed E-state index contributed by atoms with van der Waals surface area (Å²) in [5.74, 6) is 0.675. The Morgan fingerprint density at radius 1 is 1.23 bits per heavy atom.